The van der Waals surface area contributed by atoms with Gasteiger partial charge in [-0.05, 0) is 24.1 Å². The summed E-state index contributed by atoms with van der Waals surface area (Å²) in [4.78, 5) is 19.5. The van der Waals surface area contributed by atoms with Crippen LogP contribution in [0.2, 0.25) is 5.28 Å². The van der Waals surface area contributed by atoms with Crippen LogP contribution in [0.4, 0.5) is 4.79 Å². The monoisotopic (exact) mass is 317 g/mol. The van der Waals surface area contributed by atoms with Gasteiger partial charge in [-0.2, -0.15) is 0 Å². The zero-order valence-corrected chi connectivity index (χ0v) is 12.9. The molecular formula is C16H16ClN3O2. The van der Waals surface area contributed by atoms with Crippen LogP contribution in [0, 0.1) is 6.92 Å². The van der Waals surface area contributed by atoms with Crippen molar-refractivity contribution < 1.29 is 9.53 Å². The molecule has 1 amide bonds. The molecule has 1 heterocycles. The first-order valence-corrected chi connectivity index (χ1v) is 7.13. The van der Waals surface area contributed by atoms with Crippen LogP contribution in [-0.4, -0.2) is 22.6 Å². The predicted molar refractivity (Wildman–Crippen MR) is 85.4 cm³/mol. The number of ether oxygens (including phenoxy) is 1. The van der Waals surface area contributed by atoms with Gasteiger partial charge in [0.2, 0.25) is 5.28 Å². The summed E-state index contributed by atoms with van der Waals surface area (Å²) in [5.74, 6) is 0. The van der Waals surface area contributed by atoms with Gasteiger partial charge in [0.1, 0.15) is 6.61 Å². The molecule has 6 heteroatoms. The Labute approximate surface area is 134 Å². The summed E-state index contributed by atoms with van der Waals surface area (Å²) >= 11 is 5.69. The summed E-state index contributed by atoms with van der Waals surface area (Å²) in [5, 5.41) is 2.86. The molecule has 0 bridgehead atoms. The van der Waals surface area contributed by atoms with Gasteiger partial charge >= 0.3 is 6.09 Å². The topological polar surface area (TPSA) is 64.1 Å². The van der Waals surface area contributed by atoms with E-state index in [9.17, 15) is 4.79 Å². The maximum atomic E-state index is 11.5. The Morgan fingerprint density at radius 3 is 2.86 bits per heavy atom. The first kappa shape index (κ1) is 16.0. The molecule has 0 unspecified atom stereocenters. The van der Waals surface area contributed by atoms with E-state index >= 15 is 0 Å². The van der Waals surface area contributed by atoms with E-state index in [1.165, 1.54) is 0 Å². The van der Waals surface area contributed by atoms with Crippen LogP contribution in [0.5, 0.6) is 0 Å². The molecular weight excluding hydrogens is 302 g/mol. The summed E-state index contributed by atoms with van der Waals surface area (Å²) in [6, 6.07) is 9.51. The van der Waals surface area contributed by atoms with Crippen LogP contribution in [0.1, 0.15) is 16.8 Å². The standard InChI is InChI=1S/C16H16ClN3O2/c1-12-14(10-19-15(17)20-12)8-5-9-18-16(21)22-11-13-6-3-2-4-7-13/h2-8,10H,9,11H2,1H3,(H,18,21). The highest BCUT2D eigenvalue weighted by molar-refractivity contribution is 6.28. The molecule has 0 fully saturated rings. The molecule has 1 aromatic carbocycles. The highest BCUT2D eigenvalue weighted by atomic mass is 35.5. The van der Waals surface area contributed by atoms with Crippen LogP contribution >= 0.6 is 11.6 Å². The van der Waals surface area contributed by atoms with Gasteiger partial charge in [0.15, 0.2) is 0 Å². The molecule has 0 spiro atoms. The number of hydrogen-bond donors (Lipinski definition) is 1. The van der Waals surface area contributed by atoms with Crippen molar-refractivity contribution in [2.75, 3.05) is 6.54 Å². The number of aryl methyl sites for hydroxylation is 1. The third kappa shape index (κ3) is 5.18. The van der Waals surface area contributed by atoms with Crippen LogP contribution < -0.4 is 5.32 Å². The maximum absolute atomic E-state index is 11.5. The number of benzene rings is 1. The average Bonchev–Trinajstić information content (AvgIpc) is 2.52. The molecule has 0 aliphatic heterocycles. The quantitative estimate of drug-likeness (QED) is 0.859. The number of nitrogens with zero attached hydrogens (tertiary/aromatic N) is 2. The Bertz CT molecular complexity index is 660. The Kier molecular flexibility index (Phi) is 5.91. The van der Waals surface area contributed by atoms with Crippen molar-refractivity contribution in [1.29, 1.82) is 0 Å². The maximum Gasteiger partial charge on any atom is 0.407 e. The molecule has 1 N–H and O–H groups in total. The number of halogens is 1. The lowest BCUT2D eigenvalue weighted by atomic mass is 10.2. The van der Waals surface area contributed by atoms with E-state index in [-0.39, 0.29) is 11.9 Å². The van der Waals surface area contributed by atoms with Crippen molar-refractivity contribution in [2.45, 2.75) is 13.5 Å². The molecule has 0 saturated heterocycles. The van der Waals surface area contributed by atoms with Crippen LogP contribution in [0.3, 0.4) is 0 Å². The van der Waals surface area contributed by atoms with Crippen molar-refractivity contribution in [3.8, 4) is 0 Å². The lowest BCUT2D eigenvalue weighted by Gasteiger charge is -2.05. The fourth-order valence-corrected chi connectivity index (χ4v) is 1.89. The minimum atomic E-state index is -0.461. The van der Waals surface area contributed by atoms with Crippen LogP contribution in [-0.2, 0) is 11.3 Å². The summed E-state index contributed by atoms with van der Waals surface area (Å²) in [5.41, 5.74) is 2.58. The van der Waals surface area contributed by atoms with Crippen molar-refractivity contribution in [1.82, 2.24) is 15.3 Å². The fraction of sp³-hybridized carbons (Fsp3) is 0.188. The molecule has 114 valence electrons. The van der Waals surface area contributed by atoms with Gasteiger partial charge in [-0.25, -0.2) is 14.8 Å². The summed E-state index contributed by atoms with van der Waals surface area (Å²) in [6.45, 7) is 2.45. The van der Waals surface area contributed by atoms with E-state index in [1.807, 2.05) is 43.3 Å². The molecule has 1 aromatic heterocycles. The Hall–Kier alpha value is -2.40. The number of carbonyl (C=O) groups excluding carboxylic acids is 1. The molecule has 2 aromatic rings. The number of alkyl carbamates (subject to hydrolysis) is 1. The number of hydrogen-bond acceptors (Lipinski definition) is 4. The molecule has 0 aliphatic carbocycles. The Morgan fingerprint density at radius 2 is 2.14 bits per heavy atom. The molecule has 0 saturated carbocycles. The van der Waals surface area contributed by atoms with Gasteiger partial charge in [-0.1, -0.05) is 42.5 Å². The van der Waals surface area contributed by atoms with Crippen molar-refractivity contribution in [3.05, 3.63) is 64.7 Å². The lowest BCUT2D eigenvalue weighted by Crippen LogP contribution is -2.24. The lowest BCUT2D eigenvalue weighted by molar-refractivity contribution is 0.141. The van der Waals surface area contributed by atoms with Gasteiger partial charge in [-0.3, -0.25) is 0 Å². The van der Waals surface area contributed by atoms with Crippen LogP contribution in [0.15, 0.2) is 42.6 Å². The molecule has 22 heavy (non-hydrogen) atoms. The molecule has 0 atom stereocenters. The van der Waals surface area contributed by atoms with E-state index in [0.29, 0.717) is 6.54 Å². The Balaban J connectivity index is 1.73. The van der Waals surface area contributed by atoms with E-state index in [0.717, 1.165) is 16.8 Å². The molecule has 5 nitrogen and oxygen atoms in total. The number of nitrogens with one attached hydrogen (secondary N) is 1. The number of carbonyl (C=O) groups is 1. The van der Waals surface area contributed by atoms with E-state index < -0.39 is 6.09 Å². The Morgan fingerprint density at radius 1 is 1.36 bits per heavy atom. The third-order valence-electron chi connectivity index (χ3n) is 2.86. The van der Waals surface area contributed by atoms with Gasteiger partial charge < -0.3 is 10.1 Å². The van der Waals surface area contributed by atoms with Crippen molar-refractivity contribution in [2.24, 2.45) is 0 Å². The molecule has 0 radical (unpaired) electrons. The normalized spacial score (nSPS) is 10.6. The van der Waals surface area contributed by atoms with Gasteiger partial charge in [0.05, 0.1) is 0 Å². The molecule has 0 aliphatic rings. The fourth-order valence-electron chi connectivity index (χ4n) is 1.71. The minimum Gasteiger partial charge on any atom is -0.445 e. The average molecular weight is 318 g/mol. The zero-order chi connectivity index (χ0) is 15.8. The largest absolute Gasteiger partial charge is 0.445 e. The van der Waals surface area contributed by atoms with Gasteiger partial charge in [0, 0.05) is 24.0 Å². The second-order valence-electron chi connectivity index (χ2n) is 4.52. The second-order valence-corrected chi connectivity index (χ2v) is 4.86. The van der Waals surface area contributed by atoms with Crippen LogP contribution in [0.25, 0.3) is 6.08 Å². The SMILES string of the molecule is Cc1nc(Cl)ncc1C=CCNC(=O)OCc1ccccc1. The van der Waals surface area contributed by atoms with E-state index in [1.54, 1.807) is 12.3 Å². The number of rotatable bonds is 5. The van der Waals surface area contributed by atoms with E-state index in [2.05, 4.69) is 15.3 Å². The zero-order valence-electron chi connectivity index (χ0n) is 12.1. The number of aromatic nitrogens is 2. The van der Waals surface area contributed by atoms with Gasteiger partial charge in [0.25, 0.3) is 0 Å². The third-order valence-corrected chi connectivity index (χ3v) is 3.04. The first-order valence-electron chi connectivity index (χ1n) is 6.75. The highest BCUT2D eigenvalue weighted by Gasteiger charge is 2.01. The smallest absolute Gasteiger partial charge is 0.407 e. The molecule has 2 rings (SSSR count). The number of amides is 1. The summed E-state index contributed by atoms with van der Waals surface area (Å²) in [6.07, 6.45) is 4.79. The van der Waals surface area contributed by atoms with E-state index in [4.69, 9.17) is 16.3 Å². The summed E-state index contributed by atoms with van der Waals surface area (Å²) < 4.78 is 5.09. The summed E-state index contributed by atoms with van der Waals surface area (Å²) in [7, 11) is 0. The predicted octanol–water partition coefficient (Wildman–Crippen LogP) is 3.38. The first-order chi connectivity index (χ1) is 10.6. The highest BCUT2D eigenvalue weighted by Crippen LogP contribution is 2.08. The van der Waals surface area contributed by atoms with Crippen molar-refractivity contribution in [3.63, 3.8) is 0 Å². The van der Waals surface area contributed by atoms with Crippen molar-refractivity contribution >= 4 is 23.8 Å². The van der Waals surface area contributed by atoms with Gasteiger partial charge in [-0.15, -0.1) is 0 Å². The minimum absolute atomic E-state index is 0.220. The second kappa shape index (κ2) is 8.14.